The normalized spacial score (nSPS) is 18.3. The molecule has 0 aromatic carbocycles. The number of likely N-dealkylation sites (tertiary alicyclic amines) is 1. The van der Waals surface area contributed by atoms with Crippen molar-refractivity contribution in [2.24, 2.45) is 5.92 Å². The molecule has 1 amide bonds. The van der Waals surface area contributed by atoms with Gasteiger partial charge in [-0.1, -0.05) is 20.8 Å². The Labute approximate surface area is 125 Å². The van der Waals surface area contributed by atoms with E-state index >= 15 is 0 Å². The summed E-state index contributed by atoms with van der Waals surface area (Å²) in [6, 6.07) is 1.68. The van der Waals surface area contributed by atoms with Gasteiger partial charge in [-0.15, -0.1) is 0 Å². The summed E-state index contributed by atoms with van der Waals surface area (Å²) in [7, 11) is 0. The van der Waals surface area contributed by atoms with Crippen LogP contribution in [-0.2, 0) is 0 Å². The molecule has 2 rings (SSSR count). The van der Waals surface area contributed by atoms with Crippen LogP contribution in [-0.4, -0.2) is 34.9 Å². The van der Waals surface area contributed by atoms with Gasteiger partial charge in [-0.2, -0.15) is 0 Å². The first kappa shape index (κ1) is 15.7. The van der Waals surface area contributed by atoms with Crippen LogP contribution in [0.4, 0.5) is 10.2 Å². The Morgan fingerprint density at radius 3 is 3.00 bits per heavy atom. The van der Waals surface area contributed by atoms with E-state index in [1.165, 1.54) is 12.3 Å². The van der Waals surface area contributed by atoms with Crippen LogP contribution in [0.2, 0.25) is 0 Å². The van der Waals surface area contributed by atoms with Crippen molar-refractivity contribution in [3.05, 3.63) is 23.6 Å². The molecule has 0 radical (unpaired) electrons. The van der Waals surface area contributed by atoms with Crippen LogP contribution in [0.5, 0.6) is 0 Å². The Bertz CT molecular complexity index is 504. The number of rotatable bonds is 5. The number of hydrogen-bond acceptors (Lipinski definition) is 3. The lowest BCUT2D eigenvalue weighted by atomic mass is 10.0. The fourth-order valence-electron chi connectivity index (χ4n) is 2.87. The molecule has 1 N–H and O–H groups in total. The minimum atomic E-state index is -0.537. The van der Waals surface area contributed by atoms with Crippen LogP contribution in [0, 0.1) is 11.7 Å². The zero-order chi connectivity index (χ0) is 15.4. The van der Waals surface area contributed by atoms with Gasteiger partial charge in [0.05, 0.1) is 5.56 Å². The van der Waals surface area contributed by atoms with Gasteiger partial charge in [0.2, 0.25) is 0 Å². The smallest absolute Gasteiger partial charge is 0.257 e. The van der Waals surface area contributed by atoms with Crippen molar-refractivity contribution < 1.29 is 9.18 Å². The summed E-state index contributed by atoms with van der Waals surface area (Å²) in [6.07, 6.45) is 4.36. The molecule has 1 saturated heterocycles. The van der Waals surface area contributed by atoms with Crippen molar-refractivity contribution in [1.29, 1.82) is 0 Å². The number of anilines is 1. The molecule has 5 heteroatoms. The number of pyridine rings is 1. The average Bonchev–Trinajstić information content (AvgIpc) is 2.95. The molecule has 0 spiro atoms. The minimum absolute atomic E-state index is 0.121. The monoisotopic (exact) mass is 293 g/mol. The van der Waals surface area contributed by atoms with Gasteiger partial charge in [0, 0.05) is 25.3 Å². The van der Waals surface area contributed by atoms with Crippen LogP contribution in [0.15, 0.2) is 12.3 Å². The standard InChI is InChI=1S/C16H24FN3O/c1-4-8-18-15-14(17)12(7-9-19-15)16(21)20-10-5-6-13(20)11(2)3/h7,9,11,13H,4-6,8,10H2,1-3H3,(H,18,19). The van der Waals surface area contributed by atoms with Crippen molar-refractivity contribution in [2.75, 3.05) is 18.4 Å². The van der Waals surface area contributed by atoms with Gasteiger partial charge in [-0.25, -0.2) is 9.37 Å². The van der Waals surface area contributed by atoms with Gasteiger partial charge in [0.25, 0.3) is 5.91 Å². The van der Waals surface area contributed by atoms with E-state index in [0.717, 1.165) is 19.3 Å². The number of nitrogens with one attached hydrogen (secondary N) is 1. The highest BCUT2D eigenvalue weighted by Crippen LogP contribution is 2.27. The van der Waals surface area contributed by atoms with E-state index in [1.54, 1.807) is 0 Å². The van der Waals surface area contributed by atoms with Crippen molar-refractivity contribution in [2.45, 2.75) is 46.1 Å². The minimum Gasteiger partial charge on any atom is -0.368 e. The van der Waals surface area contributed by atoms with E-state index in [-0.39, 0.29) is 23.3 Å². The third kappa shape index (κ3) is 3.34. The second-order valence-corrected chi connectivity index (χ2v) is 5.90. The van der Waals surface area contributed by atoms with Gasteiger partial charge < -0.3 is 10.2 Å². The number of aromatic nitrogens is 1. The average molecular weight is 293 g/mol. The molecule has 1 aliphatic rings. The summed E-state index contributed by atoms with van der Waals surface area (Å²) < 4.78 is 14.5. The molecule has 1 aromatic heterocycles. The molecule has 2 heterocycles. The zero-order valence-corrected chi connectivity index (χ0v) is 13.0. The van der Waals surface area contributed by atoms with Gasteiger partial charge in [0.1, 0.15) is 0 Å². The molecular formula is C16H24FN3O. The van der Waals surface area contributed by atoms with Crippen molar-refractivity contribution >= 4 is 11.7 Å². The Kier molecular flexibility index (Phi) is 5.15. The van der Waals surface area contributed by atoms with Crippen molar-refractivity contribution in [3.8, 4) is 0 Å². The summed E-state index contributed by atoms with van der Waals surface area (Å²) in [5.41, 5.74) is 0.121. The Morgan fingerprint density at radius 2 is 2.33 bits per heavy atom. The fraction of sp³-hybridized carbons (Fsp3) is 0.625. The SMILES string of the molecule is CCCNc1nccc(C(=O)N2CCCC2C(C)C)c1F. The molecule has 0 bridgehead atoms. The maximum Gasteiger partial charge on any atom is 0.257 e. The van der Waals surface area contributed by atoms with E-state index < -0.39 is 5.82 Å². The molecule has 0 aliphatic carbocycles. The Hall–Kier alpha value is -1.65. The van der Waals surface area contributed by atoms with Crippen LogP contribution in [0.25, 0.3) is 0 Å². The zero-order valence-electron chi connectivity index (χ0n) is 13.0. The van der Waals surface area contributed by atoms with Gasteiger partial charge in [-0.05, 0) is 31.2 Å². The lowest BCUT2D eigenvalue weighted by Crippen LogP contribution is -2.39. The topological polar surface area (TPSA) is 45.2 Å². The molecule has 1 aromatic rings. The van der Waals surface area contributed by atoms with E-state index in [4.69, 9.17) is 0 Å². The fourth-order valence-corrected chi connectivity index (χ4v) is 2.87. The maximum atomic E-state index is 14.5. The molecular weight excluding hydrogens is 269 g/mol. The highest BCUT2D eigenvalue weighted by atomic mass is 19.1. The molecule has 1 atom stereocenters. The highest BCUT2D eigenvalue weighted by molar-refractivity contribution is 5.95. The quantitative estimate of drug-likeness (QED) is 0.906. The molecule has 1 unspecified atom stereocenters. The molecule has 0 saturated carbocycles. The summed E-state index contributed by atoms with van der Waals surface area (Å²) in [5.74, 6) is -0.196. The summed E-state index contributed by atoms with van der Waals surface area (Å²) in [4.78, 5) is 18.4. The lowest BCUT2D eigenvalue weighted by molar-refractivity contribution is 0.0696. The first-order chi connectivity index (χ1) is 10.1. The van der Waals surface area contributed by atoms with Crippen molar-refractivity contribution in [1.82, 2.24) is 9.88 Å². The van der Waals surface area contributed by atoms with E-state index in [9.17, 15) is 9.18 Å². The lowest BCUT2D eigenvalue weighted by Gasteiger charge is -2.28. The van der Waals surface area contributed by atoms with Gasteiger partial charge in [-0.3, -0.25) is 4.79 Å². The first-order valence-corrected chi connectivity index (χ1v) is 7.75. The van der Waals surface area contributed by atoms with Crippen LogP contribution in [0.1, 0.15) is 50.4 Å². The Morgan fingerprint density at radius 1 is 1.57 bits per heavy atom. The van der Waals surface area contributed by atoms with E-state index in [2.05, 4.69) is 24.1 Å². The molecule has 1 aliphatic heterocycles. The largest absolute Gasteiger partial charge is 0.368 e. The maximum absolute atomic E-state index is 14.5. The van der Waals surface area contributed by atoms with E-state index in [0.29, 0.717) is 19.0 Å². The third-order valence-electron chi connectivity index (χ3n) is 3.99. The predicted octanol–water partition coefficient (Wildman–Crippen LogP) is 3.30. The summed E-state index contributed by atoms with van der Waals surface area (Å²) in [5, 5.41) is 2.93. The molecule has 4 nitrogen and oxygen atoms in total. The second kappa shape index (κ2) is 6.87. The third-order valence-corrected chi connectivity index (χ3v) is 3.99. The second-order valence-electron chi connectivity index (χ2n) is 5.90. The number of carbonyl (C=O) groups is 1. The van der Waals surface area contributed by atoms with Gasteiger partial charge in [0.15, 0.2) is 11.6 Å². The van der Waals surface area contributed by atoms with Gasteiger partial charge >= 0.3 is 0 Å². The molecule has 1 fully saturated rings. The van der Waals surface area contributed by atoms with Crippen LogP contribution < -0.4 is 5.32 Å². The highest BCUT2D eigenvalue weighted by Gasteiger charge is 2.32. The summed E-state index contributed by atoms with van der Waals surface area (Å²) >= 11 is 0. The first-order valence-electron chi connectivity index (χ1n) is 7.75. The number of hydrogen-bond donors (Lipinski definition) is 1. The van der Waals surface area contributed by atoms with Crippen LogP contribution in [0.3, 0.4) is 0 Å². The van der Waals surface area contributed by atoms with Crippen LogP contribution >= 0.6 is 0 Å². The Balaban J connectivity index is 2.23. The molecule has 21 heavy (non-hydrogen) atoms. The summed E-state index contributed by atoms with van der Waals surface area (Å²) in [6.45, 7) is 7.55. The van der Waals surface area contributed by atoms with E-state index in [1.807, 2.05) is 11.8 Å². The molecule has 116 valence electrons. The van der Waals surface area contributed by atoms with Crippen molar-refractivity contribution in [3.63, 3.8) is 0 Å². The number of carbonyl (C=O) groups excluding carboxylic acids is 1. The predicted molar refractivity (Wildman–Crippen MR) is 81.9 cm³/mol. The number of amides is 1. The number of halogens is 1. The number of nitrogens with zero attached hydrogens (tertiary/aromatic N) is 2.